The van der Waals surface area contributed by atoms with Crippen LogP contribution in [0.4, 0.5) is 0 Å². The Kier molecular flexibility index (Phi) is 3.60. The van der Waals surface area contributed by atoms with Crippen LogP contribution in [0.1, 0.15) is 44.1 Å². The smallest absolute Gasteiger partial charge is 0.140 e. The zero-order chi connectivity index (χ0) is 11.4. The van der Waals surface area contributed by atoms with E-state index in [1.165, 1.54) is 0 Å². The lowest BCUT2D eigenvalue weighted by atomic mass is 9.82. The number of carbonyl (C=O) groups is 1. The molecule has 0 aliphatic heterocycles. The molecule has 2 rings (SSSR count). The van der Waals surface area contributed by atoms with Crippen LogP contribution in [0.2, 0.25) is 0 Å². The highest BCUT2D eigenvalue weighted by molar-refractivity contribution is 5.87. The summed E-state index contributed by atoms with van der Waals surface area (Å²) >= 11 is 0. The average molecular weight is 218 g/mol. The van der Waals surface area contributed by atoms with Crippen LogP contribution in [0.15, 0.2) is 24.3 Å². The summed E-state index contributed by atoms with van der Waals surface area (Å²) in [5.74, 6) is 1.32. The van der Waals surface area contributed by atoms with Gasteiger partial charge in [-0.3, -0.25) is 4.79 Å². The minimum atomic E-state index is 0.0662. The second-order valence-corrected chi connectivity index (χ2v) is 4.24. The second kappa shape index (κ2) is 5.15. The van der Waals surface area contributed by atoms with E-state index in [9.17, 15) is 4.79 Å². The van der Waals surface area contributed by atoms with Gasteiger partial charge in [0.05, 0.1) is 6.61 Å². The minimum absolute atomic E-state index is 0.0662. The molecule has 1 fully saturated rings. The quantitative estimate of drug-likeness (QED) is 0.778. The summed E-state index contributed by atoms with van der Waals surface area (Å²) in [7, 11) is 0. The SMILES string of the molecule is CCOc1ccccc1C1CCCCC1=O. The van der Waals surface area contributed by atoms with Crippen LogP contribution >= 0.6 is 0 Å². The van der Waals surface area contributed by atoms with Crippen molar-refractivity contribution in [1.82, 2.24) is 0 Å². The van der Waals surface area contributed by atoms with Crippen LogP contribution in [0, 0.1) is 0 Å². The Morgan fingerprint density at radius 3 is 2.88 bits per heavy atom. The Morgan fingerprint density at radius 1 is 1.31 bits per heavy atom. The molecule has 0 bridgehead atoms. The van der Waals surface area contributed by atoms with Crippen molar-refractivity contribution in [1.29, 1.82) is 0 Å². The number of para-hydroxylation sites is 1. The number of ether oxygens (including phenoxy) is 1. The maximum Gasteiger partial charge on any atom is 0.140 e. The summed E-state index contributed by atoms with van der Waals surface area (Å²) in [4.78, 5) is 11.9. The molecular weight excluding hydrogens is 200 g/mol. The van der Waals surface area contributed by atoms with Gasteiger partial charge in [0.1, 0.15) is 11.5 Å². The molecule has 0 aromatic heterocycles. The van der Waals surface area contributed by atoms with E-state index in [4.69, 9.17) is 4.74 Å². The topological polar surface area (TPSA) is 26.3 Å². The van der Waals surface area contributed by atoms with Gasteiger partial charge in [-0.15, -0.1) is 0 Å². The van der Waals surface area contributed by atoms with Crippen molar-refractivity contribution in [3.05, 3.63) is 29.8 Å². The van der Waals surface area contributed by atoms with Crippen molar-refractivity contribution in [3.8, 4) is 5.75 Å². The normalized spacial score (nSPS) is 20.8. The fraction of sp³-hybridized carbons (Fsp3) is 0.500. The Morgan fingerprint density at radius 2 is 2.12 bits per heavy atom. The predicted octanol–water partition coefficient (Wildman–Crippen LogP) is 3.31. The number of carbonyl (C=O) groups excluding carboxylic acids is 1. The predicted molar refractivity (Wildman–Crippen MR) is 63.8 cm³/mol. The zero-order valence-electron chi connectivity index (χ0n) is 9.74. The molecule has 2 nitrogen and oxygen atoms in total. The Labute approximate surface area is 96.6 Å². The largest absolute Gasteiger partial charge is 0.494 e. The van der Waals surface area contributed by atoms with Gasteiger partial charge in [0.2, 0.25) is 0 Å². The third kappa shape index (κ3) is 2.26. The molecular formula is C14H18O2. The average Bonchev–Trinajstić information content (AvgIpc) is 2.31. The molecule has 0 N–H and O–H groups in total. The summed E-state index contributed by atoms with van der Waals surface area (Å²) in [5, 5.41) is 0. The molecule has 1 aliphatic carbocycles. The monoisotopic (exact) mass is 218 g/mol. The van der Waals surface area contributed by atoms with Gasteiger partial charge < -0.3 is 4.74 Å². The van der Waals surface area contributed by atoms with E-state index in [0.717, 1.165) is 37.0 Å². The molecule has 16 heavy (non-hydrogen) atoms. The third-order valence-electron chi connectivity index (χ3n) is 3.15. The first-order valence-corrected chi connectivity index (χ1v) is 6.07. The first kappa shape index (κ1) is 11.2. The van der Waals surface area contributed by atoms with Gasteiger partial charge in [-0.2, -0.15) is 0 Å². The molecule has 0 saturated heterocycles. The van der Waals surface area contributed by atoms with Crippen LogP contribution < -0.4 is 4.74 Å². The molecule has 1 aromatic rings. The molecule has 0 heterocycles. The van der Waals surface area contributed by atoms with E-state index < -0.39 is 0 Å². The van der Waals surface area contributed by atoms with Gasteiger partial charge in [0.25, 0.3) is 0 Å². The van der Waals surface area contributed by atoms with E-state index in [0.29, 0.717) is 12.4 Å². The molecule has 1 aliphatic rings. The fourth-order valence-electron chi connectivity index (χ4n) is 2.37. The van der Waals surface area contributed by atoms with Crippen molar-refractivity contribution in [2.24, 2.45) is 0 Å². The molecule has 1 unspecified atom stereocenters. The van der Waals surface area contributed by atoms with Crippen molar-refractivity contribution in [2.75, 3.05) is 6.61 Å². The molecule has 1 aromatic carbocycles. The Hall–Kier alpha value is -1.31. The van der Waals surface area contributed by atoms with Crippen LogP contribution in [-0.4, -0.2) is 12.4 Å². The van der Waals surface area contributed by atoms with E-state index in [2.05, 4.69) is 0 Å². The first-order valence-electron chi connectivity index (χ1n) is 6.07. The van der Waals surface area contributed by atoms with Gasteiger partial charge in [-0.05, 0) is 25.8 Å². The van der Waals surface area contributed by atoms with Crippen LogP contribution in [0.25, 0.3) is 0 Å². The lowest BCUT2D eigenvalue weighted by molar-refractivity contribution is -0.121. The molecule has 0 spiro atoms. The van der Waals surface area contributed by atoms with Gasteiger partial charge in [0, 0.05) is 17.9 Å². The fourth-order valence-corrected chi connectivity index (χ4v) is 2.37. The summed E-state index contributed by atoms with van der Waals surface area (Å²) in [6, 6.07) is 7.93. The number of hydrogen-bond donors (Lipinski definition) is 0. The number of hydrogen-bond acceptors (Lipinski definition) is 2. The van der Waals surface area contributed by atoms with Gasteiger partial charge in [-0.25, -0.2) is 0 Å². The summed E-state index contributed by atoms with van der Waals surface area (Å²) in [5.41, 5.74) is 1.08. The third-order valence-corrected chi connectivity index (χ3v) is 3.15. The molecule has 0 radical (unpaired) electrons. The zero-order valence-corrected chi connectivity index (χ0v) is 9.74. The highest BCUT2D eigenvalue weighted by Gasteiger charge is 2.25. The number of rotatable bonds is 3. The number of Topliss-reactive ketones (excluding diaryl/α,β-unsaturated/α-hetero) is 1. The molecule has 1 atom stereocenters. The van der Waals surface area contributed by atoms with E-state index >= 15 is 0 Å². The lowest BCUT2D eigenvalue weighted by Crippen LogP contribution is -2.17. The highest BCUT2D eigenvalue weighted by atomic mass is 16.5. The lowest BCUT2D eigenvalue weighted by Gasteiger charge is -2.22. The van der Waals surface area contributed by atoms with Crippen molar-refractivity contribution in [2.45, 2.75) is 38.5 Å². The first-order chi connectivity index (χ1) is 7.83. The highest BCUT2D eigenvalue weighted by Crippen LogP contribution is 2.35. The molecule has 0 amide bonds. The van der Waals surface area contributed by atoms with Crippen molar-refractivity contribution < 1.29 is 9.53 Å². The molecule has 2 heteroatoms. The van der Waals surface area contributed by atoms with Crippen LogP contribution in [-0.2, 0) is 4.79 Å². The van der Waals surface area contributed by atoms with Gasteiger partial charge in [-0.1, -0.05) is 24.6 Å². The summed E-state index contributed by atoms with van der Waals surface area (Å²) in [6.07, 6.45) is 3.90. The van der Waals surface area contributed by atoms with Gasteiger partial charge >= 0.3 is 0 Å². The van der Waals surface area contributed by atoms with Crippen LogP contribution in [0.5, 0.6) is 5.75 Å². The van der Waals surface area contributed by atoms with Crippen molar-refractivity contribution in [3.63, 3.8) is 0 Å². The Balaban J connectivity index is 2.27. The van der Waals surface area contributed by atoms with Crippen LogP contribution in [0.3, 0.4) is 0 Å². The number of ketones is 1. The second-order valence-electron chi connectivity index (χ2n) is 4.24. The number of benzene rings is 1. The van der Waals surface area contributed by atoms with E-state index in [-0.39, 0.29) is 5.92 Å². The van der Waals surface area contributed by atoms with E-state index in [1.807, 2.05) is 31.2 Å². The van der Waals surface area contributed by atoms with Crippen molar-refractivity contribution >= 4 is 5.78 Å². The summed E-state index contributed by atoms with van der Waals surface area (Å²) in [6.45, 7) is 2.62. The minimum Gasteiger partial charge on any atom is -0.494 e. The standard InChI is InChI=1S/C14H18O2/c1-2-16-14-10-6-4-8-12(14)11-7-3-5-9-13(11)15/h4,6,8,10-11H,2-3,5,7,9H2,1H3. The maximum atomic E-state index is 11.9. The van der Waals surface area contributed by atoms with E-state index in [1.54, 1.807) is 0 Å². The van der Waals surface area contributed by atoms with Gasteiger partial charge in [0.15, 0.2) is 0 Å². The molecule has 1 saturated carbocycles. The summed E-state index contributed by atoms with van der Waals surface area (Å²) < 4.78 is 5.59. The Bertz CT molecular complexity index is 371. The maximum absolute atomic E-state index is 11.9. The molecule has 86 valence electrons.